The first-order valence-electron chi connectivity index (χ1n) is 13.9. The predicted molar refractivity (Wildman–Crippen MR) is 146 cm³/mol. The number of carbonyl (C=O) groups is 1. The van der Waals surface area contributed by atoms with Gasteiger partial charge in [0, 0.05) is 74.0 Å². The Labute approximate surface area is 219 Å². The van der Waals surface area contributed by atoms with Gasteiger partial charge in [-0.1, -0.05) is 0 Å². The van der Waals surface area contributed by atoms with Crippen molar-refractivity contribution in [2.75, 3.05) is 44.2 Å². The van der Waals surface area contributed by atoms with Gasteiger partial charge in [-0.25, -0.2) is 4.98 Å². The molecule has 37 heavy (non-hydrogen) atoms. The number of nitrogens with zero attached hydrogens (tertiary/aromatic N) is 4. The molecular weight excluding hydrogens is 462 g/mol. The molecule has 1 saturated heterocycles. The fraction of sp³-hybridized carbons (Fsp3) is 0.467. The fourth-order valence-corrected chi connectivity index (χ4v) is 6.07. The minimum Gasteiger partial charge on any atom is -0.493 e. The van der Waals surface area contributed by atoms with Crippen LogP contribution < -0.4 is 15.0 Å². The molecule has 7 heteroatoms. The Hall–Kier alpha value is -3.32. The van der Waals surface area contributed by atoms with Crippen molar-refractivity contribution in [1.29, 1.82) is 0 Å². The molecule has 0 bridgehead atoms. The molecule has 3 aromatic rings. The summed E-state index contributed by atoms with van der Waals surface area (Å²) in [4.78, 5) is 22.5. The Morgan fingerprint density at radius 2 is 1.73 bits per heavy atom. The van der Waals surface area contributed by atoms with Crippen LogP contribution in [-0.2, 0) is 6.42 Å². The van der Waals surface area contributed by atoms with E-state index in [0.29, 0.717) is 6.04 Å². The maximum Gasteiger partial charge on any atom is 0.251 e. The molecule has 2 aliphatic heterocycles. The zero-order valence-corrected chi connectivity index (χ0v) is 21.5. The Morgan fingerprint density at radius 1 is 0.973 bits per heavy atom. The summed E-state index contributed by atoms with van der Waals surface area (Å²) in [5.41, 5.74) is 3.09. The number of carbonyl (C=O) groups excluding carboxylic acids is 1. The van der Waals surface area contributed by atoms with Crippen LogP contribution in [0.1, 0.15) is 48.0 Å². The summed E-state index contributed by atoms with van der Waals surface area (Å²) in [6.07, 6.45) is 12.7. The van der Waals surface area contributed by atoms with Gasteiger partial charge in [-0.2, -0.15) is 0 Å². The molecule has 194 valence electrons. The summed E-state index contributed by atoms with van der Waals surface area (Å²) in [6, 6.07) is 14.1. The third-order valence-electron chi connectivity index (χ3n) is 8.34. The molecule has 0 atom stereocenters. The number of pyridine rings is 1. The van der Waals surface area contributed by atoms with Crippen molar-refractivity contribution in [2.24, 2.45) is 5.92 Å². The summed E-state index contributed by atoms with van der Waals surface area (Å²) < 4.78 is 7.77. The van der Waals surface area contributed by atoms with E-state index in [2.05, 4.69) is 20.1 Å². The molecule has 1 saturated carbocycles. The van der Waals surface area contributed by atoms with E-state index in [1.165, 1.54) is 31.4 Å². The van der Waals surface area contributed by atoms with Gasteiger partial charge in [0.15, 0.2) is 0 Å². The fourth-order valence-electron chi connectivity index (χ4n) is 6.07. The van der Waals surface area contributed by atoms with Gasteiger partial charge in [-0.05, 0) is 87.0 Å². The molecule has 3 aliphatic rings. The summed E-state index contributed by atoms with van der Waals surface area (Å²) in [6.45, 7) is 6.22. The number of fused-ring (bicyclic) bond motifs is 1. The first-order chi connectivity index (χ1) is 18.2. The highest BCUT2D eigenvalue weighted by atomic mass is 16.5. The standard InChI is InChI=1S/C30H37N5O2/c36-30(24-5-9-26(10-6-24)34-15-1-2-16-34)32-25-7-3-23(4-8-25)12-17-33-18-20-35(21-19-33)29-27-13-22-37-28(27)11-14-31-29/h1-2,5-6,9-11,14-16,23,25H,3-4,7-8,12-13,17-22H2,(H,32,36). The number of hydrogen-bond acceptors (Lipinski definition) is 5. The Bertz CT molecular complexity index is 1180. The normalized spacial score (nSPS) is 21.9. The maximum atomic E-state index is 12.8. The third kappa shape index (κ3) is 5.52. The average Bonchev–Trinajstić information content (AvgIpc) is 3.66. The van der Waals surface area contributed by atoms with E-state index in [9.17, 15) is 4.79 Å². The van der Waals surface area contributed by atoms with Gasteiger partial charge in [0.25, 0.3) is 5.91 Å². The number of anilines is 1. The van der Waals surface area contributed by atoms with Crippen LogP contribution in [-0.4, -0.2) is 65.7 Å². The van der Waals surface area contributed by atoms with Crippen LogP contribution in [0.3, 0.4) is 0 Å². The van der Waals surface area contributed by atoms with E-state index >= 15 is 0 Å². The van der Waals surface area contributed by atoms with Crippen molar-refractivity contribution in [3.8, 4) is 11.4 Å². The van der Waals surface area contributed by atoms with E-state index in [-0.39, 0.29) is 5.91 Å². The van der Waals surface area contributed by atoms with Gasteiger partial charge in [-0.3, -0.25) is 9.69 Å². The maximum absolute atomic E-state index is 12.8. The highest BCUT2D eigenvalue weighted by molar-refractivity contribution is 5.94. The number of aromatic nitrogens is 2. The van der Waals surface area contributed by atoms with E-state index < -0.39 is 0 Å². The molecule has 7 nitrogen and oxygen atoms in total. The second kappa shape index (κ2) is 11.0. The molecule has 2 aromatic heterocycles. The van der Waals surface area contributed by atoms with Crippen LogP contribution in [0.2, 0.25) is 0 Å². The Balaban J connectivity index is 0.910. The lowest BCUT2D eigenvalue weighted by atomic mass is 9.84. The quantitative estimate of drug-likeness (QED) is 0.525. The van der Waals surface area contributed by atoms with Gasteiger partial charge in [0.2, 0.25) is 0 Å². The minimum absolute atomic E-state index is 0.0467. The largest absolute Gasteiger partial charge is 0.493 e. The van der Waals surface area contributed by atoms with Crippen LogP contribution in [0, 0.1) is 5.92 Å². The lowest BCUT2D eigenvalue weighted by molar-refractivity contribution is 0.0919. The molecule has 1 aliphatic carbocycles. The second-order valence-electron chi connectivity index (χ2n) is 10.7. The first kappa shape index (κ1) is 24.0. The average molecular weight is 500 g/mol. The van der Waals surface area contributed by atoms with Crippen LogP contribution in [0.5, 0.6) is 5.75 Å². The highest BCUT2D eigenvalue weighted by Crippen LogP contribution is 2.32. The molecular formula is C30H37N5O2. The van der Waals surface area contributed by atoms with Crippen molar-refractivity contribution in [2.45, 2.75) is 44.6 Å². The summed E-state index contributed by atoms with van der Waals surface area (Å²) in [5, 5.41) is 3.28. The number of amides is 1. The number of piperazine rings is 1. The number of rotatable bonds is 7. The molecule has 0 unspecified atom stereocenters. The number of benzene rings is 1. The summed E-state index contributed by atoms with van der Waals surface area (Å²) >= 11 is 0. The highest BCUT2D eigenvalue weighted by Gasteiger charge is 2.26. The van der Waals surface area contributed by atoms with E-state index in [1.807, 2.05) is 65.6 Å². The summed E-state index contributed by atoms with van der Waals surface area (Å²) in [7, 11) is 0. The van der Waals surface area contributed by atoms with Crippen molar-refractivity contribution in [1.82, 2.24) is 19.8 Å². The molecule has 1 aromatic carbocycles. The molecule has 6 rings (SSSR count). The second-order valence-corrected chi connectivity index (χ2v) is 10.7. The van der Waals surface area contributed by atoms with Gasteiger partial charge < -0.3 is 19.5 Å². The van der Waals surface area contributed by atoms with Crippen molar-refractivity contribution < 1.29 is 9.53 Å². The van der Waals surface area contributed by atoms with Gasteiger partial charge in [-0.15, -0.1) is 0 Å². The molecule has 1 N–H and O–H groups in total. The van der Waals surface area contributed by atoms with Gasteiger partial charge in [0.05, 0.1) is 6.61 Å². The molecule has 1 amide bonds. The summed E-state index contributed by atoms with van der Waals surface area (Å²) in [5.74, 6) is 2.96. The lowest BCUT2D eigenvalue weighted by Crippen LogP contribution is -2.47. The van der Waals surface area contributed by atoms with Crippen LogP contribution in [0.15, 0.2) is 61.1 Å². The van der Waals surface area contributed by atoms with Crippen LogP contribution in [0.4, 0.5) is 5.82 Å². The number of nitrogens with one attached hydrogen (secondary N) is 1. The van der Waals surface area contributed by atoms with Gasteiger partial charge in [0.1, 0.15) is 11.6 Å². The van der Waals surface area contributed by atoms with Crippen LogP contribution in [0.25, 0.3) is 5.69 Å². The van der Waals surface area contributed by atoms with Crippen LogP contribution >= 0.6 is 0 Å². The van der Waals surface area contributed by atoms with E-state index in [1.54, 1.807) is 0 Å². The van der Waals surface area contributed by atoms with E-state index in [0.717, 1.165) is 80.8 Å². The van der Waals surface area contributed by atoms with Crippen molar-refractivity contribution in [3.63, 3.8) is 0 Å². The molecule has 4 heterocycles. The van der Waals surface area contributed by atoms with E-state index in [4.69, 9.17) is 4.74 Å². The third-order valence-corrected chi connectivity index (χ3v) is 8.34. The lowest BCUT2D eigenvalue weighted by Gasteiger charge is -2.37. The Morgan fingerprint density at radius 3 is 2.49 bits per heavy atom. The topological polar surface area (TPSA) is 62.6 Å². The minimum atomic E-state index is 0.0467. The van der Waals surface area contributed by atoms with Crippen molar-refractivity contribution >= 4 is 11.7 Å². The predicted octanol–water partition coefficient (Wildman–Crippen LogP) is 4.31. The SMILES string of the molecule is O=C(NC1CCC(CCN2CCN(c3nccc4c3CCO4)CC2)CC1)c1ccc(-n2cccc2)cc1. The molecule has 0 spiro atoms. The zero-order chi connectivity index (χ0) is 25.0. The zero-order valence-electron chi connectivity index (χ0n) is 21.5. The molecule has 2 fully saturated rings. The Kier molecular flexibility index (Phi) is 7.13. The molecule has 0 radical (unpaired) electrons. The smallest absolute Gasteiger partial charge is 0.251 e. The number of ether oxygens (including phenoxy) is 1. The number of hydrogen-bond donors (Lipinski definition) is 1. The first-order valence-corrected chi connectivity index (χ1v) is 13.9. The monoisotopic (exact) mass is 499 g/mol. The van der Waals surface area contributed by atoms with Gasteiger partial charge >= 0.3 is 0 Å². The van der Waals surface area contributed by atoms with Crippen molar-refractivity contribution in [3.05, 3.63) is 72.2 Å².